The van der Waals surface area contributed by atoms with Crippen molar-refractivity contribution >= 4 is 17.8 Å². The highest BCUT2D eigenvalue weighted by Gasteiger charge is 2.30. The minimum Gasteiger partial charge on any atom is -0.266 e. The Balaban J connectivity index is 2.01. The Morgan fingerprint density at radius 1 is 1.22 bits per heavy atom. The number of benzene rings is 1. The topological polar surface area (TPSA) is 32.7 Å². The van der Waals surface area contributed by atoms with Gasteiger partial charge in [0.15, 0.2) is 0 Å². The first-order valence-corrected chi connectivity index (χ1v) is 5.80. The normalized spacial score (nSPS) is 19.9. The molecule has 18 heavy (non-hydrogen) atoms. The molecule has 0 saturated carbocycles. The molecule has 1 aromatic rings. The van der Waals surface area contributed by atoms with Crippen molar-refractivity contribution in [1.82, 2.24) is 4.90 Å². The van der Waals surface area contributed by atoms with Crippen molar-refractivity contribution in [2.75, 3.05) is 0 Å². The van der Waals surface area contributed by atoms with E-state index < -0.39 is 0 Å². The molecule has 0 bridgehead atoms. The number of nitrogens with zero attached hydrogens (tertiary/aromatic N) is 2. The second-order valence-electron chi connectivity index (χ2n) is 4.24. The van der Waals surface area contributed by atoms with Gasteiger partial charge in [0.25, 0.3) is 5.91 Å². The minimum atomic E-state index is -0.0717. The number of carbonyl (C=O) groups is 1. The van der Waals surface area contributed by atoms with Gasteiger partial charge in [0.1, 0.15) is 11.5 Å². The Kier molecular flexibility index (Phi) is 2.45. The molecular formula is C15H12N2O. The molecule has 0 radical (unpaired) electrons. The summed E-state index contributed by atoms with van der Waals surface area (Å²) in [5.41, 5.74) is 2.47. The Hall–Kier alpha value is -2.42. The highest BCUT2D eigenvalue weighted by molar-refractivity contribution is 6.20. The number of aliphatic imine (C=N–C) groups is 1. The molecule has 0 aliphatic carbocycles. The molecule has 2 aliphatic rings. The molecule has 0 N–H and O–H groups in total. The number of carbonyl (C=O) groups excluding carboxylic acids is 1. The summed E-state index contributed by atoms with van der Waals surface area (Å²) >= 11 is 0. The van der Waals surface area contributed by atoms with E-state index in [4.69, 9.17) is 0 Å². The molecule has 1 amide bonds. The summed E-state index contributed by atoms with van der Waals surface area (Å²) < 4.78 is 0. The quantitative estimate of drug-likeness (QED) is 0.690. The molecule has 0 fully saturated rings. The Morgan fingerprint density at radius 3 is 2.72 bits per heavy atom. The van der Waals surface area contributed by atoms with E-state index in [1.807, 2.05) is 55.5 Å². The van der Waals surface area contributed by atoms with Crippen molar-refractivity contribution in [3.8, 4) is 0 Å². The van der Waals surface area contributed by atoms with Crippen molar-refractivity contribution in [1.29, 1.82) is 0 Å². The summed E-state index contributed by atoms with van der Waals surface area (Å²) in [7, 11) is 0. The van der Waals surface area contributed by atoms with Crippen LogP contribution in [-0.4, -0.2) is 16.6 Å². The summed E-state index contributed by atoms with van der Waals surface area (Å²) in [5.74, 6) is 0.655. The number of amides is 1. The molecule has 0 spiro atoms. The van der Waals surface area contributed by atoms with Crippen LogP contribution in [0.2, 0.25) is 0 Å². The van der Waals surface area contributed by atoms with E-state index in [1.165, 1.54) is 0 Å². The van der Waals surface area contributed by atoms with Crippen LogP contribution in [0, 0.1) is 0 Å². The SMILES string of the molecule is CC1=CC=CN2C(=O)/C(=C/c3ccccc3)N=C12. The van der Waals surface area contributed by atoms with E-state index in [1.54, 1.807) is 11.1 Å². The van der Waals surface area contributed by atoms with Crippen molar-refractivity contribution in [3.63, 3.8) is 0 Å². The number of fused-ring (bicyclic) bond motifs is 1. The summed E-state index contributed by atoms with van der Waals surface area (Å²) in [5, 5.41) is 0. The van der Waals surface area contributed by atoms with Crippen LogP contribution in [0.15, 0.2) is 64.9 Å². The maximum absolute atomic E-state index is 12.2. The van der Waals surface area contributed by atoms with E-state index in [9.17, 15) is 4.79 Å². The van der Waals surface area contributed by atoms with Crippen molar-refractivity contribution < 1.29 is 4.79 Å². The largest absolute Gasteiger partial charge is 0.282 e. The Labute approximate surface area is 105 Å². The molecule has 0 unspecified atom stereocenters. The first-order chi connectivity index (χ1) is 8.75. The average molecular weight is 236 g/mol. The van der Waals surface area contributed by atoms with E-state index >= 15 is 0 Å². The van der Waals surface area contributed by atoms with E-state index in [2.05, 4.69) is 4.99 Å². The molecule has 0 saturated heterocycles. The lowest BCUT2D eigenvalue weighted by atomic mass is 10.2. The van der Waals surface area contributed by atoms with Crippen LogP contribution >= 0.6 is 0 Å². The third-order valence-corrected chi connectivity index (χ3v) is 2.93. The van der Waals surface area contributed by atoms with Gasteiger partial charge in [-0.1, -0.05) is 36.4 Å². The van der Waals surface area contributed by atoms with Gasteiger partial charge < -0.3 is 0 Å². The number of hydrogen-bond acceptors (Lipinski definition) is 2. The lowest BCUT2D eigenvalue weighted by molar-refractivity contribution is -0.120. The van der Waals surface area contributed by atoms with Gasteiger partial charge in [0.2, 0.25) is 0 Å². The standard InChI is InChI=1S/C15H12N2O/c1-11-6-5-9-17-14(11)16-13(15(17)18)10-12-7-3-2-4-8-12/h2-10H,1H3/b13-10-. The zero-order valence-electron chi connectivity index (χ0n) is 10.00. The fourth-order valence-corrected chi connectivity index (χ4v) is 2.00. The van der Waals surface area contributed by atoms with Crippen LogP contribution in [0.5, 0.6) is 0 Å². The molecule has 2 heterocycles. The fourth-order valence-electron chi connectivity index (χ4n) is 2.00. The molecule has 3 nitrogen and oxygen atoms in total. The lowest BCUT2D eigenvalue weighted by Gasteiger charge is -2.15. The van der Waals surface area contributed by atoms with Crippen molar-refractivity contribution in [2.24, 2.45) is 4.99 Å². The predicted molar refractivity (Wildman–Crippen MR) is 71.6 cm³/mol. The van der Waals surface area contributed by atoms with Crippen LogP contribution < -0.4 is 0 Å². The van der Waals surface area contributed by atoms with Crippen LogP contribution in [0.25, 0.3) is 6.08 Å². The van der Waals surface area contributed by atoms with E-state index in [0.717, 1.165) is 17.0 Å². The summed E-state index contributed by atoms with van der Waals surface area (Å²) in [4.78, 5) is 18.1. The van der Waals surface area contributed by atoms with Crippen molar-refractivity contribution in [3.05, 3.63) is 65.5 Å². The minimum absolute atomic E-state index is 0.0717. The van der Waals surface area contributed by atoms with Crippen LogP contribution in [0.1, 0.15) is 12.5 Å². The average Bonchev–Trinajstić information content (AvgIpc) is 2.70. The third kappa shape index (κ3) is 1.70. The van der Waals surface area contributed by atoms with Gasteiger partial charge in [-0.2, -0.15) is 0 Å². The number of rotatable bonds is 1. The Morgan fingerprint density at radius 2 is 2.00 bits per heavy atom. The summed E-state index contributed by atoms with van der Waals surface area (Å²) in [6.07, 6.45) is 7.38. The fraction of sp³-hybridized carbons (Fsp3) is 0.0667. The van der Waals surface area contributed by atoms with Gasteiger partial charge in [-0.15, -0.1) is 0 Å². The van der Waals surface area contributed by atoms with Gasteiger partial charge in [-0.25, -0.2) is 4.99 Å². The highest BCUT2D eigenvalue weighted by Crippen LogP contribution is 2.24. The predicted octanol–water partition coefficient (Wildman–Crippen LogP) is 2.74. The van der Waals surface area contributed by atoms with Crippen LogP contribution in [0.4, 0.5) is 0 Å². The van der Waals surface area contributed by atoms with Crippen LogP contribution in [0.3, 0.4) is 0 Å². The molecule has 0 atom stereocenters. The molecule has 3 heteroatoms. The number of allylic oxidation sites excluding steroid dienone is 2. The Bertz CT molecular complexity index is 621. The maximum Gasteiger partial charge on any atom is 0.282 e. The second kappa shape index (κ2) is 4.11. The number of hydrogen-bond donors (Lipinski definition) is 0. The van der Waals surface area contributed by atoms with E-state index in [-0.39, 0.29) is 5.91 Å². The summed E-state index contributed by atoms with van der Waals surface area (Å²) in [6.45, 7) is 1.95. The molecular weight excluding hydrogens is 224 g/mol. The second-order valence-corrected chi connectivity index (χ2v) is 4.24. The van der Waals surface area contributed by atoms with Gasteiger partial charge in [-0.05, 0) is 30.2 Å². The first-order valence-electron chi connectivity index (χ1n) is 5.80. The van der Waals surface area contributed by atoms with Gasteiger partial charge in [0, 0.05) is 6.20 Å². The molecule has 1 aromatic carbocycles. The third-order valence-electron chi connectivity index (χ3n) is 2.93. The molecule has 2 aliphatic heterocycles. The van der Waals surface area contributed by atoms with E-state index in [0.29, 0.717) is 5.70 Å². The zero-order chi connectivity index (χ0) is 12.5. The highest BCUT2D eigenvalue weighted by atomic mass is 16.2. The molecule has 3 rings (SSSR count). The maximum atomic E-state index is 12.2. The molecule has 0 aromatic heterocycles. The van der Waals surface area contributed by atoms with Crippen LogP contribution in [-0.2, 0) is 4.79 Å². The summed E-state index contributed by atoms with van der Waals surface area (Å²) in [6, 6.07) is 9.74. The smallest absolute Gasteiger partial charge is 0.266 e. The zero-order valence-corrected chi connectivity index (χ0v) is 10.00. The lowest BCUT2D eigenvalue weighted by Crippen LogP contribution is -2.28. The number of amidine groups is 1. The van der Waals surface area contributed by atoms with Crippen molar-refractivity contribution in [2.45, 2.75) is 6.92 Å². The van der Waals surface area contributed by atoms with Gasteiger partial charge >= 0.3 is 0 Å². The molecule has 88 valence electrons. The first kappa shape index (κ1) is 10.7. The van der Waals surface area contributed by atoms with Gasteiger partial charge in [0.05, 0.1) is 0 Å². The monoisotopic (exact) mass is 236 g/mol. The van der Waals surface area contributed by atoms with Gasteiger partial charge in [-0.3, -0.25) is 9.69 Å².